The van der Waals surface area contributed by atoms with Crippen LogP contribution in [0.2, 0.25) is 0 Å². The van der Waals surface area contributed by atoms with Gasteiger partial charge in [-0.2, -0.15) is 0 Å². The molecular weight excluding hydrogens is 348 g/mol. The van der Waals surface area contributed by atoms with E-state index in [2.05, 4.69) is 58.4 Å². The molecule has 0 amide bonds. The summed E-state index contributed by atoms with van der Waals surface area (Å²) >= 11 is 0. The zero-order valence-electron chi connectivity index (χ0n) is 16.0. The van der Waals surface area contributed by atoms with E-state index >= 15 is 0 Å². The molecule has 142 valence electrons. The zero-order chi connectivity index (χ0) is 18.9. The van der Waals surface area contributed by atoms with Crippen LogP contribution in [-0.2, 0) is 0 Å². The van der Waals surface area contributed by atoms with E-state index in [9.17, 15) is 0 Å². The summed E-state index contributed by atoms with van der Waals surface area (Å²) in [6, 6.07) is 18.8. The first-order chi connectivity index (χ1) is 13.8. The van der Waals surface area contributed by atoms with Crippen molar-refractivity contribution in [2.75, 3.05) is 26.2 Å². The molecular formula is C24H24N2O2. The number of benzene rings is 2. The van der Waals surface area contributed by atoms with Crippen molar-refractivity contribution < 1.29 is 9.47 Å². The quantitative estimate of drug-likeness (QED) is 0.641. The molecule has 2 aromatic carbocycles. The lowest BCUT2D eigenvalue weighted by molar-refractivity contribution is 0.0616. The van der Waals surface area contributed by atoms with Gasteiger partial charge in [0.05, 0.1) is 5.52 Å². The Morgan fingerprint density at radius 1 is 1.07 bits per heavy atom. The molecule has 1 aromatic heterocycles. The number of hydrogen-bond donors (Lipinski definition) is 0. The van der Waals surface area contributed by atoms with Crippen LogP contribution in [0.25, 0.3) is 10.9 Å². The summed E-state index contributed by atoms with van der Waals surface area (Å²) in [6.45, 7) is 5.39. The van der Waals surface area contributed by atoms with Gasteiger partial charge in [0.2, 0.25) is 0 Å². The fraction of sp³-hybridized carbons (Fsp3) is 0.292. The van der Waals surface area contributed by atoms with E-state index in [0.29, 0.717) is 12.5 Å². The Morgan fingerprint density at radius 3 is 2.86 bits per heavy atom. The molecule has 0 spiro atoms. The number of aromatic nitrogens is 1. The SMILES string of the molecule is Cc1ccc2c3c(ccc2n1)OCC(CN1CC=CC(c2ccccc2)C1)O3. The predicted octanol–water partition coefficient (Wildman–Crippen LogP) is 4.34. The second kappa shape index (κ2) is 7.28. The van der Waals surface area contributed by atoms with Crippen LogP contribution in [0, 0.1) is 6.92 Å². The van der Waals surface area contributed by atoms with Gasteiger partial charge in [0, 0.05) is 36.6 Å². The largest absolute Gasteiger partial charge is 0.486 e. The van der Waals surface area contributed by atoms with Crippen molar-refractivity contribution in [3.63, 3.8) is 0 Å². The monoisotopic (exact) mass is 372 g/mol. The van der Waals surface area contributed by atoms with Gasteiger partial charge in [-0.15, -0.1) is 0 Å². The Bertz CT molecular complexity index is 1020. The third-order valence-corrected chi connectivity index (χ3v) is 5.51. The van der Waals surface area contributed by atoms with Gasteiger partial charge in [0.1, 0.15) is 12.7 Å². The summed E-state index contributed by atoms with van der Waals surface area (Å²) in [4.78, 5) is 7.06. The van der Waals surface area contributed by atoms with Crippen molar-refractivity contribution >= 4 is 10.9 Å². The highest BCUT2D eigenvalue weighted by atomic mass is 16.6. The molecule has 28 heavy (non-hydrogen) atoms. The number of rotatable bonds is 3. The summed E-state index contributed by atoms with van der Waals surface area (Å²) in [5.41, 5.74) is 3.32. The van der Waals surface area contributed by atoms with Crippen molar-refractivity contribution in [3.8, 4) is 11.5 Å². The second-order valence-corrected chi connectivity index (χ2v) is 7.63. The van der Waals surface area contributed by atoms with E-state index in [1.165, 1.54) is 5.56 Å². The lowest BCUT2D eigenvalue weighted by atomic mass is 9.95. The van der Waals surface area contributed by atoms with E-state index in [1.807, 2.05) is 25.1 Å². The maximum atomic E-state index is 6.40. The van der Waals surface area contributed by atoms with E-state index in [0.717, 1.165) is 47.7 Å². The number of fused-ring (bicyclic) bond motifs is 3. The fourth-order valence-electron chi connectivity index (χ4n) is 4.11. The van der Waals surface area contributed by atoms with Crippen molar-refractivity contribution in [1.29, 1.82) is 0 Å². The summed E-state index contributed by atoms with van der Waals surface area (Å²) < 4.78 is 12.4. The first-order valence-corrected chi connectivity index (χ1v) is 9.90. The lowest BCUT2D eigenvalue weighted by Crippen LogP contribution is -2.43. The number of pyridine rings is 1. The number of ether oxygens (including phenoxy) is 2. The molecule has 0 fully saturated rings. The molecule has 2 unspecified atom stereocenters. The molecule has 0 bridgehead atoms. The van der Waals surface area contributed by atoms with Crippen molar-refractivity contribution in [2.24, 2.45) is 0 Å². The van der Waals surface area contributed by atoms with Gasteiger partial charge in [-0.05, 0) is 36.8 Å². The summed E-state index contributed by atoms with van der Waals surface area (Å²) in [7, 11) is 0. The molecule has 2 aliphatic rings. The van der Waals surface area contributed by atoms with E-state index in [1.54, 1.807) is 0 Å². The van der Waals surface area contributed by atoms with Crippen LogP contribution in [0.4, 0.5) is 0 Å². The predicted molar refractivity (Wildman–Crippen MR) is 111 cm³/mol. The van der Waals surface area contributed by atoms with E-state index in [-0.39, 0.29) is 6.10 Å². The number of aryl methyl sites for hydroxylation is 1. The first-order valence-electron chi connectivity index (χ1n) is 9.90. The molecule has 5 rings (SSSR count). The van der Waals surface area contributed by atoms with Crippen LogP contribution in [0.5, 0.6) is 11.5 Å². The molecule has 0 saturated heterocycles. The Morgan fingerprint density at radius 2 is 1.96 bits per heavy atom. The maximum absolute atomic E-state index is 6.40. The van der Waals surface area contributed by atoms with Gasteiger partial charge in [0.15, 0.2) is 11.5 Å². The normalized spacial score (nSPS) is 21.8. The zero-order valence-corrected chi connectivity index (χ0v) is 16.0. The molecule has 4 nitrogen and oxygen atoms in total. The summed E-state index contributed by atoms with van der Waals surface area (Å²) in [5.74, 6) is 2.07. The molecule has 4 heteroatoms. The Labute approximate surface area is 165 Å². The van der Waals surface area contributed by atoms with Crippen molar-refractivity contribution in [3.05, 3.63) is 78.0 Å². The molecule has 0 N–H and O–H groups in total. The van der Waals surface area contributed by atoms with E-state index < -0.39 is 0 Å². The van der Waals surface area contributed by atoms with Gasteiger partial charge < -0.3 is 9.47 Å². The summed E-state index contributed by atoms with van der Waals surface area (Å²) in [5, 5.41) is 1.02. The highest BCUT2D eigenvalue weighted by Gasteiger charge is 2.27. The van der Waals surface area contributed by atoms with Crippen LogP contribution in [0.3, 0.4) is 0 Å². The lowest BCUT2D eigenvalue weighted by Gasteiger charge is -2.34. The standard InChI is InChI=1S/C24H24N2O2/c1-17-9-10-21-22(25-17)11-12-23-24(21)28-20(16-27-23)15-26-13-5-8-19(14-26)18-6-3-2-4-7-18/h2-12,19-20H,13-16H2,1H3. The highest BCUT2D eigenvalue weighted by molar-refractivity contribution is 5.88. The third kappa shape index (κ3) is 3.36. The number of nitrogens with zero attached hydrogens (tertiary/aromatic N) is 2. The number of hydrogen-bond acceptors (Lipinski definition) is 4. The van der Waals surface area contributed by atoms with Crippen LogP contribution >= 0.6 is 0 Å². The molecule has 0 aliphatic carbocycles. The highest BCUT2D eigenvalue weighted by Crippen LogP contribution is 2.38. The third-order valence-electron chi connectivity index (χ3n) is 5.51. The minimum atomic E-state index is 0.0160. The summed E-state index contributed by atoms with van der Waals surface area (Å²) in [6.07, 6.45) is 4.60. The molecule has 0 radical (unpaired) electrons. The van der Waals surface area contributed by atoms with Crippen molar-refractivity contribution in [1.82, 2.24) is 9.88 Å². The van der Waals surface area contributed by atoms with Gasteiger partial charge in [-0.1, -0.05) is 42.5 Å². The van der Waals surface area contributed by atoms with Crippen molar-refractivity contribution in [2.45, 2.75) is 18.9 Å². The fourth-order valence-corrected chi connectivity index (χ4v) is 4.11. The van der Waals surface area contributed by atoms with Gasteiger partial charge >= 0.3 is 0 Å². The minimum absolute atomic E-state index is 0.0160. The van der Waals surface area contributed by atoms with Crippen LogP contribution in [0.1, 0.15) is 17.2 Å². The average Bonchev–Trinajstić information content (AvgIpc) is 2.74. The smallest absolute Gasteiger partial charge is 0.171 e. The molecule has 2 atom stereocenters. The Hall–Kier alpha value is -2.85. The average molecular weight is 372 g/mol. The van der Waals surface area contributed by atoms with Crippen LogP contribution in [0.15, 0.2) is 66.7 Å². The molecule has 3 heterocycles. The second-order valence-electron chi connectivity index (χ2n) is 7.63. The van der Waals surface area contributed by atoms with E-state index in [4.69, 9.17) is 9.47 Å². The maximum Gasteiger partial charge on any atom is 0.171 e. The minimum Gasteiger partial charge on any atom is -0.486 e. The van der Waals surface area contributed by atoms with Gasteiger partial charge in [0.25, 0.3) is 0 Å². The van der Waals surface area contributed by atoms with Gasteiger partial charge in [-0.25, -0.2) is 0 Å². The molecule has 3 aromatic rings. The first kappa shape index (κ1) is 17.3. The van der Waals surface area contributed by atoms with Crippen LogP contribution in [-0.4, -0.2) is 42.2 Å². The van der Waals surface area contributed by atoms with Crippen LogP contribution < -0.4 is 9.47 Å². The molecule has 2 aliphatic heterocycles. The Kier molecular flexibility index (Phi) is 4.49. The van der Waals surface area contributed by atoms with Gasteiger partial charge in [-0.3, -0.25) is 9.88 Å². The Balaban J connectivity index is 1.32. The molecule has 0 saturated carbocycles. The topological polar surface area (TPSA) is 34.6 Å².